The van der Waals surface area contributed by atoms with Crippen LogP contribution in [0.1, 0.15) is 0 Å². The zero-order valence-corrected chi connectivity index (χ0v) is 5.41. The van der Waals surface area contributed by atoms with Crippen molar-refractivity contribution in [3.8, 4) is 0 Å². The molecule has 0 fully saturated rings. The Balaban J connectivity index is -0.0000000135. The average molecular weight is 346 g/mol. The van der Waals surface area contributed by atoms with Crippen LogP contribution in [0.15, 0.2) is 0 Å². The Labute approximate surface area is 260 Å². The van der Waals surface area contributed by atoms with Gasteiger partial charge in [0.1, 0.15) is 0 Å². The maximum atomic E-state index is 8.56. The van der Waals surface area contributed by atoms with Crippen molar-refractivity contribution in [1.82, 2.24) is 0 Å². The standard InChI is InChI=1S/3CH2O3.4K.4H/c3*2-1(3)4;;;;;;;;/h3*(H2,2,3,4);;;;;;;;. The second kappa shape index (κ2) is 36.6. The van der Waals surface area contributed by atoms with Crippen molar-refractivity contribution in [2.24, 2.45) is 0 Å². The van der Waals surface area contributed by atoms with Crippen molar-refractivity contribution in [3.63, 3.8) is 0 Å². The Hall–Kier alpha value is 4.36. The topological polar surface area (TPSA) is 173 Å². The summed E-state index contributed by atoms with van der Waals surface area (Å²) in [5, 5.41) is 41.8. The molecule has 0 aromatic heterocycles. The second-order valence-corrected chi connectivity index (χ2v) is 0.848. The Morgan fingerprint density at radius 2 is 0.438 bits per heavy atom. The van der Waals surface area contributed by atoms with E-state index in [1.807, 2.05) is 0 Å². The predicted octanol–water partition coefficient (Wildman–Crippen LogP) is -1.93. The summed E-state index contributed by atoms with van der Waals surface area (Å²) in [5.74, 6) is 0. The van der Waals surface area contributed by atoms with Crippen molar-refractivity contribution in [1.29, 1.82) is 0 Å². The minimum absolute atomic E-state index is 0. The van der Waals surface area contributed by atoms with Gasteiger partial charge in [-0.3, -0.25) is 0 Å². The summed E-state index contributed by atoms with van der Waals surface area (Å²) in [7, 11) is 0. The van der Waals surface area contributed by atoms with Gasteiger partial charge in [-0.15, -0.1) is 0 Å². The molecule has 0 amide bonds. The maximum absolute atomic E-state index is 8.56. The Morgan fingerprint density at radius 1 is 0.438 bits per heavy atom. The van der Waals surface area contributed by atoms with E-state index in [2.05, 4.69) is 0 Å². The van der Waals surface area contributed by atoms with E-state index in [4.69, 9.17) is 45.0 Å². The van der Waals surface area contributed by atoms with Gasteiger partial charge in [-0.1, -0.05) is 0 Å². The van der Waals surface area contributed by atoms with Gasteiger partial charge in [-0.2, -0.15) is 0 Å². The Bertz CT molecular complexity index is 120. The van der Waals surface area contributed by atoms with Crippen LogP contribution in [0.5, 0.6) is 0 Å². The molecule has 0 aliphatic heterocycles. The summed E-state index contributed by atoms with van der Waals surface area (Å²) < 4.78 is 0. The molecule has 0 aliphatic rings. The van der Waals surface area contributed by atoms with Crippen LogP contribution in [-0.4, -0.2) is 255 Å². The fraction of sp³-hybridized carbons (Fsp3) is 0. The molecule has 0 heterocycles. The van der Waals surface area contributed by atoms with Gasteiger partial charge < -0.3 is 30.6 Å². The van der Waals surface area contributed by atoms with Crippen molar-refractivity contribution >= 4 is 224 Å². The molecule has 0 spiro atoms. The molecule has 0 radical (unpaired) electrons. The van der Waals surface area contributed by atoms with Crippen LogP contribution in [0.4, 0.5) is 14.4 Å². The first-order chi connectivity index (χ1) is 5.20. The van der Waals surface area contributed by atoms with E-state index in [9.17, 15) is 0 Å². The molecule has 0 saturated carbocycles. The number of hydrogen-bond acceptors (Lipinski definition) is 3. The van der Waals surface area contributed by atoms with Gasteiger partial charge in [0.05, 0.1) is 0 Å². The molecule has 0 bridgehead atoms. The summed E-state index contributed by atoms with van der Waals surface area (Å²) in [6.07, 6.45) is -5.50. The van der Waals surface area contributed by atoms with Crippen LogP contribution in [0.3, 0.4) is 0 Å². The summed E-state index contributed by atoms with van der Waals surface area (Å²) in [5.41, 5.74) is 0. The summed E-state index contributed by atoms with van der Waals surface area (Å²) in [6, 6.07) is 0. The van der Waals surface area contributed by atoms with Crippen LogP contribution in [0, 0.1) is 0 Å². The SMILES string of the molecule is O=C(O)O.O=C(O)O.O=C(O)O.[KH].[KH].[KH].[KH]. The third-order valence-corrected chi connectivity index (χ3v) is 0. The van der Waals surface area contributed by atoms with E-state index in [-0.39, 0.29) is 206 Å². The first-order valence-corrected chi connectivity index (χ1v) is 1.95. The molecule has 9 nitrogen and oxygen atoms in total. The van der Waals surface area contributed by atoms with Gasteiger partial charge >= 0.3 is 224 Å². The fourth-order valence-corrected chi connectivity index (χ4v) is 0. The molecular formula is C3H10K4O9. The molecule has 0 aromatic carbocycles. The van der Waals surface area contributed by atoms with Gasteiger partial charge in [0.15, 0.2) is 0 Å². The summed E-state index contributed by atoms with van der Waals surface area (Å²) >= 11 is 0. The van der Waals surface area contributed by atoms with Crippen LogP contribution < -0.4 is 0 Å². The van der Waals surface area contributed by atoms with E-state index >= 15 is 0 Å². The van der Waals surface area contributed by atoms with Gasteiger partial charge in [0.25, 0.3) is 0 Å². The molecule has 0 saturated heterocycles. The molecule has 6 N–H and O–H groups in total. The zero-order valence-electron chi connectivity index (χ0n) is 5.41. The molecule has 16 heavy (non-hydrogen) atoms. The van der Waals surface area contributed by atoms with Gasteiger partial charge in [0.2, 0.25) is 0 Å². The number of hydrogen-bond donors (Lipinski definition) is 6. The van der Waals surface area contributed by atoms with Gasteiger partial charge in [-0.05, 0) is 0 Å². The quantitative estimate of drug-likeness (QED) is 0.273. The monoisotopic (exact) mass is 346 g/mol. The number of carbonyl (C=O) groups is 3. The fourth-order valence-electron chi connectivity index (χ4n) is 0. The van der Waals surface area contributed by atoms with Gasteiger partial charge in [0, 0.05) is 0 Å². The van der Waals surface area contributed by atoms with Crippen LogP contribution in [0.25, 0.3) is 0 Å². The van der Waals surface area contributed by atoms with Crippen molar-refractivity contribution < 1.29 is 45.0 Å². The van der Waals surface area contributed by atoms with E-state index in [1.165, 1.54) is 0 Å². The number of rotatable bonds is 0. The van der Waals surface area contributed by atoms with Crippen molar-refractivity contribution in [2.75, 3.05) is 0 Å². The van der Waals surface area contributed by atoms with Gasteiger partial charge in [-0.25, -0.2) is 14.4 Å². The molecular weight excluding hydrogens is 336 g/mol. The van der Waals surface area contributed by atoms with Crippen LogP contribution in [-0.2, 0) is 0 Å². The summed E-state index contributed by atoms with van der Waals surface area (Å²) in [4.78, 5) is 25.7. The molecule has 0 rings (SSSR count). The molecule has 80 valence electrons. The van der Waals surface area contributed by atoms with E-state index in [0.29, 0.717) is 0 Å². The van der Waals surface area contributed by atoms with E-state index in [0.717, 1.165) is 0 Å². The number of carboxylic acid groups (broad SMARTS) is 6. The minimum atomic E-state index is -1.83. The molecule has 0 atom stereocenters. The second-order valence-electron chi connectivity index (χ2n) is 0.848. The Morgan fingerprint density at radius 3 is 0.438 bits per heavy atom. The summed E-state index contributed by atoms with van der Waals surface area (Å²) in [6.45, 7) is 0. The molecule has 0 aromatic rings. The normalized spacial score (nSPS) is 4.50. The Kier molecular flexibility index (Phi) is 97.7. The van der Waals surface area contributed by atoms with Crippen LogP contribution in [0.2, 0.25) is 0 Å². The van der Waals surface area contributed by atoms with E-state index < -0.39 is 18.5 Å². The molecule has 13 heteroatoms. The van der Waals surface area contributed by atoms with Crippen molar-refractivity contribution in [2.45, 2.75) is 0 Å². The first kappa shape index (κ1) is 42.8. The molecule has 0 aliphatic carbocycles. The zero-order chi connectivity index (χ0) is 10.7. The van der Waals surface area contributed by atoms with Crippen molar-refractivity contribution in [3.05, 3.63) is 0 Å². The van der Waals surface area contributed by atoms with Crippen LogP contribution >= 0.6 is 0 Å². The third-order valence-electron chi connectivity index (χ3n) is 0. The average Bonchev–Trinajstić information content (AvgIpc) is 1.54. The first-order valence-electron chi connectivity index (χ1n) is 1.95. The molecule has 0 unspecified atom stereocenters. The predicted molar refractivity (Wildman–Crippen MR) is 60.6 cm³/mol. The third kappa shape index (κ3) is 291. The van der Waals surface area contributed by atoms with E-state index in [1.54, 1.807) is 0 Å².